The summed E-state index contributed by atoms with van der Waals surface area (Å²) in [4.78, 5) is 37.2. The molecule has 0 fully saturated rings. The lowest BCUT2D eigenvalue weighted by molar-refractivity contribution is -0.121. The van der Waals surface area contributed by atoms with Gasteiger partial charge in [0.2, 0.25) is 5.91 Å². The third kappa shape index (κ3) is 6.56. The minimum Gasteiger partial charge on any atom is -0.478 e. The summed E-state index contributed by atoms with van der Waals surface area (Å²) in [5.74, 6) is -2.26. The Kier molecular flexibility index (Phi) is 9.04. The molecule has 4 rings (SSSR count). The molecule has 0 saturated heterocycles. The van der Waals surface area contributed by atoms with Crippen molar-refractivity contribution in [2.45, 2.75) is 50.5 Å². The summed E-state index contributed by atoms with van der Waals surface area (Å²) < 4.78 is 29.3. The summed E-state index contributed by atoms with van der Waals surface area (Å²) in [5.41, 5.74) is 1.54. The molecule has 0 saturated carbocycles. The highest BCUT2D eigenvalue weighted by Gasteiger charge is 2.33. The van der Waals surface area contributed by atoms with E-state index in [9.17, 15) is 27.9 Å². The first-order valence-corrected chi connectivity index (χ1v) is 14.7. The third-order valence-corrected chi connectivity index (χ3v) is 8.75. The van der Waals surface area contributed by atoms with Crippen molar-refractivity contribution in [1.82, 2.24) is 5.32 Å². The predicted octanol–water partition coefficient (Wildman–Crippen LogP) is 4.46. The van der Waals surface area contributed by atoms with Crippen LogP contribution in [0, 0.1) is 11.3 Å². The van der Waals surface area contributed by atoms with Crippen molar-refractivity contribution in [3.8, 4) is 6.07 Å². The van der Waals surface area contributed by atoms with Gasteiger partial charge in [0.15, 0.2) is 0 Å². The fraction of sp³-hybridized carbons (Fsp3) is 0.267. The van der Waals surface area contributed by atoms with Gasteiger partial charge in [0.05, 0.1) is 33.5 Å². The van der Waals surface area contributed by atoms with Gasteiger partial charge in [-0.3, -0.25) is 13.9 Å². The van der Waals surface area contributed by atoms with Crippen molar-refractivity contribution < 1.29 is 27.9 Å². The number of nitriles is 1. The predicted molar refractivity (Wildman–Crippen MR) is 153 cm³/mol. The number of carboxylic acid groups (broad SMARTS) is 1. The van der Waals surface area contributed by atoms with Crippen LogP contribution < -0.4 is 14.9 Å². The molecule has 1 aliphatic heterocycles. The van der Waals surface area contributed by atoms with Gasteiger partial charge in [0.25, 0.3) is 15.9 Å². The van der Waals surface area contributed by atoms with Crippen molar-refractivity contribution in [3.05, 3.63) is 88.5 Å². The minimum atomic E-state index is -4.14. The lowest BCUT2D eigenvalue weighted by Gasteiger charge is -2.22. The van der Waals surface area contributed by atoms with Crippen molar-refractivity contribution in [3.63, 3.8) is 0 Å². The number of aromatic carboxylic acids is 1. The maximum absolute atomic E-state index is 14.0. The number of unbranched alkanes of at least 4 members (excludes halogenated alkanes) is 2. The highest BCUT2D eigenvalue weighted by molar-refractivity contribution is 7.93. The number of rotatable bonds is 11. The van der Waals surface area contributed by atoms with E-state index >= 15 is 0 Å². The van der Waals surface area contributed by atoms with Crippen LogP contribution in [0.4, 0.5) is 11.4 Å². The normalized spacial score (nSPS) is 12.3. The Balaban J connectivity index is 1.68. The molecule has 212 valence electrons. The van der Waals surface area contributed by atoms with E-state index < -0.39 is 21.9 Å². The zero-order valence-electron chi connectivity index (χ0n) is 22.5. The van der Waals surface area contributed by atoms with E-state index in [1.807, 2.05) is 25.1 Å². The summed E-state index contributed by atoms with van der Waals surface area (Å²) in [6, 6.07) is 17.0. The molecule has 1 heterocycles. The number of fused-ring (bicyclic) bond motifs is 1. The van der Waals surface area contributed by atoms with Crippen LogP contribution in [0.2, 0.25) is 0 Å². The average Bonchev–Trinajstić information content (AvgIpc) is 3.41. The quantitative estimate of drug-likeness (QED) is 0.286. The van der Waals surface area contributed by atoms with Crippen molar-refractivity contribution in [2.75, 3.05) is 16.2 Å². The average molecular weight is 575 g/mol. The molecule has 0 spiro atoms. The van der Waals surface area contributed by atoms with E-state index in [0.29, 0.717) is 24.1 Å². The molecule has 11 heteroatoms. The fourth-order valence-corrected chi connectivity index (χ4v) is 6.42. The van der Waals surface area contributed by atoms with Gasteiger partial charge >= 0.3 is 5.97 Å². The van der Waals surface area contributed by atoms with E-state index in [1.54, 1.807) is 12.1 Å². The standard InChI is InChI=1S/C30H30N4O6S/c1-2-3-4-9-28(35)32-19-23-12-11-22(29(36)33-25-13-10-20(18-31)16-24(25)30(37)38)17-27(23)41(39,40)34-15-14-21-7-5-6-8-26(21)34/h5-8,10-13,16-17H,2-4,9,14-15,19H2,1H3,(H,32,35)(H,33,36)(H,37,38). The maximum Gasteiger partial charge on any atom is 0.337 e. The SMILES string of the molecule is CCCCCC(=O)NCc1ccc(C(=O)Nc2ccc(C#N)cc2C(=O)O)cc1S(=O)(=O)N1CCc2ccccc21. The Morgan fingerprint density at radius 2 is 1.83 bits per heavy atom. The van der Waals surface area contributed by atoms with E-state index in [0.717, 1.165) is 30.9 Å². The first kappa shape index (κ1) is 29.3. The monoisotopic (exact) mass is 574 g/mol. The zero-order chi connectivity index (χ0) is 29.6. The number of sulfonamides is 1. The van der Waals surface area contributed by atoms with E-state index in [1.165, 1.54) is 34.6 Å². The largest absolute Gasteiger partial charge is 0.478 e. The van der Waals surface area contributed by atoms with Gasteiger partial charge in [0, 0.05) is 25.1 Å². The molecule has 3 aromatic carbocycles. The van der Waals surface area contributed by atoms with Crippen LogP contribution in [-0.4, -0.2) is 37.9 Å². The maximum atomic E-state index is 14.0. The Morgan fingerprint density at radius 1 is 1.05 bits per heavy atom. The lowest BCUT2D eigenvalue weighted by Crippen LogP contribution is -2.31. The Morgan fingerprint density at radius 3 is 2.56 bits per heavy atom. The number of para-hydroxylation sites is 1. The molecule has 0 atom stereocenters. The van der Waals surface area contributed by atoms with E-state index in [4.69, 9.17) is 5.26 Å². The number of anilines is 2. The van der Waals surface area contributed by atoms with Gasteiger partial charge < -0.3 is 15.7 Å². The number of amides is 2. The second kappa shape index (κ2) is 12.7. The van der Waals surface area contributed by atoms with Gasteiger partial charge in [-0.2, -0.15) is 5.26 Å². The summed E-state index contributed by atoms with van der Waals surface area (Å²) in [6.07, 6.45) is 3.47. The number of carbonyl (C=O) groups is 3. The first-order valence-electron chi connectivity index (χ1n) is 13.2. The lowest BCUT2D eigenvalue weighted by atomic mass is 10.1. The van der Waals surface area contributed by atoms with Crippen LogP contribution in [-0.2, 0) is 27.8 Å². The molecule has 3 N–H and O–H groups in total. The van der Waals surface area contributed by atoms with Crippen LogP contribution in [0.15, 0.2) is 65.6 Å². The minimum absolute atomic E-state index is 0.0187. The summed E-state index contributed by atoms with van der Waals surface area (Å²) in [6.45, 7) is 2.22. The van der Waals surface area contributed by atoms with Crippen LogP contribution in [0.5, 0.6) is 0 Å². The number of benzene rings is 3. The summed E-state index contributed by atoms with van der Waals surface area (Å²) in [7, 11) is -4.14. The molecule has 0 aliphatic carbocycles. The molecular weight excluding hydrogens is 544 g/mol. The molecule has 0 aromatic heterocycles. The number of nitrogens with zero attached hydrogens (tertiary/aromatic N) is 2. The molecule has 3 aromatic rings. The zero-order valence-corrected chi connectivity index (χ0v) is 23.3. The Hall–Kier alpha value is -4.69. The van der Waals surface area contributed by atoms with Crippen molar-refractivity contribution in [2.24, 2.45) is 0 Å². The highest BCUT2D eigenvalue weighted by Crippen LogP contribution is 2.34. The molecule has 0 bridgehead atoms. The van der Waals surface area contributed by atoms with Crippen LogP contribution in [0.25, 0.3) is 0 Å². The van der Waals surface area contributed by atoms with E-state index in [-0.39, 0.29) is 46.3 Å². The van der Waals surface area contributed by atoms with Crippen molar-refractivity contribution in [1.29, 1.82) is 5.26 Å². The fourth-order valence-electron chi connectivity index (χ4n) is 4.67. The topological polar surface area (TPSA) is 157 Å². The van der Waals surface area contributed by atoms with Crippen molar-refractivity contribution >= 4 is 39.2 Å². The molecule has 10 nitrogen and oxygen atoms in total. The number of nitrogens with one attached hydrogen (secondary N) is 2. The molecular formula is C30H30N4O6S. The molecule has 1 aliphatic rings. The number of hydrogen-bond acceptors (Lipinski definition) is 6. The smallest absolute Gasteiger partial charge is 0.337 e. The number of carbonyl (C=O) groups excluding carboxylic acids is 2. The second-order valence-electron chi connectivity index (χ2n) is 9.64. The molecule has 0 unspecified atom stereocenters. The number of carboxylic acids is 1. The van der Waals surface area contributed by atoms with Crippen LogP contribution in [0.3, 0.4) is 0 Å². The van der Waals surface area contributed by atoms with Gasteiger partial charge in [-0.1, -0.05) is 44.0 Å². The van der Waals surface area contributed by atoms with Gasteiger partial charge in [0.1, 0.15) is 0 Å². The molecule has 2 amide bonds. The highest BCUT2D eigenvalue weighted by atomic mass is 32.2. The Bertz CT molecular complexity index is 1640. The van der Waals surface area contributed by atoms with Gasteiger partial charge in [-0.15, -0.1) is 0 Å². The van der Waals surface area contributed by atoms with Crippen LogP contribution >= 0.6 is 0 Å². The van der Waals surface area contributed by atoms with E-state index in [2.05, 4.69) is 10.6 Å². The third-order valence-electron chi connectivity index (χ3n) is 6.85. The summed E-state index contributed by atoms with van der Waals surface area (Å²) >= 11 is 0. The molecule has 41 heavy (non-hydrogen) atoms. The Labute approximate surface area is 238 Å². The first-order chi connectivity index (χ1) is 19.6. The number of hydrogen-bond donors (Lipinski definition) is 3. The van der Waals surface area contributed by atoms with Gasteiger partial charge in [-0.05, 0) is 60.4 Å². The van der Waals surface area contributed by atoms with Crippen LogP contribution in [0.1, 0.15) is 70.0 Å². The second-order valence-corrected chi connectivity index (χ2v) is 11.5. The molecule has 0 radical (unpaired) electrons. The van der Waals surface area contributed by atoms with Gasteiger partial charge in [-0.25, -0.2) is 13.2 Å². The summed E-state index contributed by atoms with van der Waals surface area (Å²) in [5, 5.41) is 23.9.